The van der Waals surface area contributed by atoms with Crippen LogP contribution in [-0.4, -0.2) is 17.9 Å². The molecule has 2 rings (SSSR count). The molecular weight excluding hydrogens is 280 g/mol. The number of nitrogens with two attached hydrogens (primary N) is 1. The minimum Gasteiger partial charge on any atom is -0.389 e. The van der Waals surface area contributed by atoms with Crippen LogP contribution in [-0.2, 0) is 4.79 Å². The maximum Gasteiger partial charge on any atom is 0.230 e. The molecule has 114 valence electrons. The van der Waals surface area contributed by atoms with E-state index >= 15 is 0 Å². The van der Waals surface area contributed by atoms with Gasteiger partial charge in [-0.1, -0.05) is 38.9 Å². The molecule has 1 unspecified atom stereocenters. The summed E-state index contributed by atoms with van der Waals surface area (Å²) in [6.07, 6.45) is 4.48. The van der Waals surface area contributed by atoms with E-state index in [0.29, 0.717) is 4.99 Å². The van der Waals surface area contributed by atoms with Gasteiger partial charge in [-0.25, -0.2) is 0 Å². The summed E-state index contributed by atoms with van der Waals surface area (Å²) in [5.41, 5.74) is 7.41. The number of carbonyl (C=O) groups is 1. The highest BCUT2D eigenvalue weighted by atomic mass is 32.1. The zero-order valence-electron chi connectivity index (χ0n) is 13.1. The Hall–Kier alpha value is -1.42. The number of thiocarbonyl (C=S) groups is 1. The van der Waals surface area contributed by atoms with Gasteiger partial charge in [0.15, 0.2) is 0 Å². The minimum atomic E-state index is 0.0857. The van der Waals surface area contributed by atoms with Gasteiger partial charge in [-0.15, -0.1) is 0 Å². The van der Waals surface area contributed by atoms with Crippen LogP contribution < -0.4 is 10.6 Å². The van der Waals surface area contributed by atoms with E-state index in [-0.39, 0.29) is 17.2 Å². The maximum atomic E-state index is 12.8. The molecule has 1 saturated carbocycles. The highest BCUT2D eigenvalue weighted by Crippen LogP contribution is 2.41. The third-order valence-corrected chi connectivity index (χ3v) is 4.91. The first-order valence-corrected chi connectivity index (χ1v) is 7.91. The molecule has 0 aromatic heterocycles. The third-order valence-electron chi connectivity index (χ3n) is 4.68. The van der Waals surface area contributed by atoms with Gasteiger partial charge >= 0.3 is 0 Å². The highest BCUT2D eigenvalue weighted by molar-refractivity contribution is 7.80. The van der Waals surface area contributed by atoms with Crippen molar-refractivity contribution >= 4 is 28.8 Å². The molecule has 1 aromatic rings. The van der Waals surface area contributed by atoms with Crippen molar-refractivity contribution in [3.05, 3.63) is 29.8 Å². The first kappa shape index (κ1) is 16.0. The van der Waals surface area contributed by atoms with Crippen molar-refractivity contribution < 1.29 is 4.79 Å². The van der Waals surface area contributed by atoms with Crippen molar-refractivity contribution in [2.45, 2.75) is 39.5 Å². The van der Waals surface area contributed by atoms with Crippen LogP contribution in [0.25, 0.3) is 0 Å². The molecular formula is C17H24N2OS. The Morgan fingerprint density at radius 2 is 1.90 bits per heavy atom. The lowest BCUT2D eigenvalue weighted by Gasteiger charge is -2.39. The number of nitrogens with zero attached hydrogens (tertiary/aromatic N) is 1. The zero-order valence-corrected chi connectivity index (χ0v) is 13.9. The van der Waals surface area contributed by atoms with E-state index in [1.807, 2.05) is 31.3 Å². The Labute approximate surface area is 132 Å². The summed E-state index contributed by atoms with van der Waals surface area (Å²) in [7, 11) is 1.85. The molecule has 4 heteroatoms. The standard InChI is InChI=1S/C17H24N2OS/c1-17(2)11-5-4-6-14(17)16(20)19(3)13-9-7-12(8-10-13)15(18)21/h7-10,14H,4-6,11H2,1-3H3,(H2,18,21). The average molecular weight is 304 g/mol. The van der Waals surface area contributed by atoms with Crippen molar-refractivity contribution in [1.29, 1.82) is 0 Å². The Bertz CT molecular complexity index is 536. The van der Waals surface area contributed by atoms with Crippen molar-refractivity contribution in [3.63, 3.8) is 0 Å². The maximum absolute atomic E-state index is 12.8. The van der Waals surface area contributed by atoms with Crippen LogP contribution in [0, 0.1) is 11.3 Å². The second kappa shape index (κ2) is 6.14. The van der Waals surface area contributed by atoms with E-state index in [4.69, 9.17) is 18.0 Å². The number of amides is 1. The number of rotatable bonds is 3. The Morgan fingerprint density at radius 1 is 1.29 bits per heavy atom. The number of benzene rings is 1. The third kappa shape index (κ3) is 3.43. The number of carbonyl (C=O) groups excluding carboxylic acids is 1. The molecule has 0 radical (unpaired) electrons. The summed E-state index contributed by atoms with van der Waals surface area (Å²) in [5, 5.41) is 0. The lowest BCUT2D eigenvalue weighted by molar-refractivity contribution is -0.127. The summed E-state index contributed by atoms with van der Waals surface area (Å²) in [6, 6.07) is 7.55. The molecule has 1 aliphatic carbocycles. The summed E-state index contributed by atoms with van der Waals surface area (Å²) >= 11 is 4.95. The molecule has 0 saturated heterocycles. The SMILES string of the molecule is CN(C(=O)C1CCCCC1(C)C)c1ccc(C(N)=S)cc1. The van der Waals surface area contributed by atoms with E-state index < -0.39 is 0 Å². The van der Waals surface area contributed by atoms with Crippen LogP contribution in [0.4, 0.5) is 5.69 Å². The lowest BCUT2D eigenvalue weighted by atomic mass is 9.68. The fraction of sp³-hybridized carbons (Fsp3) is 0.529. The molecule has 2 N–H and O–H groups in total. The monoisotopic (exact) mass is 304 g/mol. The number of hydrogen-bond acceptors (Lipinski definition) is 2. The molecule has 1 aromatic carbocycles. The average Bonchev–Trinajstić information content (AvgIpc) is 2.45. The normalized spacial score (nSPS) is 20.8. The second-order valence-corrected chi connectivity index (χ2v) is 7.04. The van der Waals surface area contributed by atoms with Crippen LogP contribution >= 0.6 is 12.2 Å². The quantitative estimate of drug-likeness (QED) is 0.869. The molecule has 1 fully saturated rings. The van der Waals surface area contributed by atoms with Crippen molar-refractivity contribution in [1.82, 2.24) is 0 Å². The van der Waals surface area contributed by atoms with Gasteiger partial charge in [0, 0.05) is 24.2 Å². The summed E-state index contributed by atoms with van der Waals surface area (Å²) in [6.45, 7) is 4.41. The topological polar surface area (TPSA) is 46.3 Å². The summed E-state index contributed by atoms with van der Waals surface area (Å²) in [4.78, 5) is 15.0. The van der Waals surface area contributed by atoms with E-state index in [0.717, 1.165) is 30.5 Å². The predicted molar refractivity (Wildman–Crippen MR) is 91.5 cm³/mol. The van der Waals surface area contributed by atoms with Gasteiger partial charge in [-0.05, 0) is 42.5 Å². The van der Waals surface area contributed by atoms with Crippen molar-refractivity contribution in [3.8, 4) is 0 Å². The Morgan fingerprint density at radius 3 is 2.43 bits per heavy atom. The molecule has 1 atom stereocenters. The fourth-order valence-corrected chi connectivity index (χ4v) is 3.30. The van der Waals surface area contributed by atoms with Crippen molar-refractivity contribution in [2.75, 3.05) is 11.9 Å². The molecule has 0 spiro atoms. The molecule has 0 heterocycles. The van der Waals surface area contributed by atoms with Gasteiger partial charge in [0.1, 0.15) is 4.99 Å². The van der Waals surface area contributed by atoms with Gasteiger partial charge < -0.3 is 10.6 Å². The minimum absolute atomic E-state index is 0.0857. The largest absolute Gasteiger partial charge is 0.389 e. The van der Waals surface area contributed by atoms with Crippen LogP contribution in [0.5, 0.6) is 0 Å². The molecule has 21 heavy (non-hydrogen) atoms. The lowest BCUT2D eigenvalue weighted by Crippen LogP contribution is -2.42. The van der Waals surface area contributed by atoms with E-state index in [2.05, 4.69) is 13.8 Å². The molecule has 1 aliphatic rings. The van der Waals surface area contributed by atoms with E-state index in [1.54, 1.807) is 4.90 Å². The molecule has 3 nitrogen and oxygen atoms in total. The predicted octanol–water partition coefficient (Wildman–Crippen LogP) is 3.50. The van der Waals surface area contributed by atoms with Crippen LogP contribution in [0.3, 0.4) is 0 Å². The summed E-state index contributed by atoms with van der Waals surface area (Å²) in [5.74, 6) is 0.314. The van der Waals surface area contributed by atoms with Gasteiger partial charge in [0.2, 0.25) is 5.91 Å². The van der Waals surface area contributed by atoms with E-state index in [1.165, 1.54) is 6.42 Å². The number of hydrogen-bond donors (Lipinski definition) is 1. The van der Waals surface area contributed by atoms with Crippen LogP contribution in [0.1, 0.15) is 45.1 Å². The van der Waals surface area contributed by atoms with E-state index in [9.17, 15) is 4.79 Å². The Kier molecular flexibility index (Phi) is 4.67. The highest BCUT2D eigenvalue weighted by Gasteiger charge is 2.38. The first-order chi connectivity index (χ1) is 9.83. The second-order valence-electron chi connectivity index (χ2n) is 6.60. The van der Waals surface area contributed by atoms with Crippen LogP contribution in [0.2, 0.25) is 0 Å². The Balaban J connectivity index is 2.16. The van der Waals surface area contributed by atoms with Gasteiger partial charge in [0.05, 0.1) is 0 Å². The molecule has 1 amide bonds. The molecule has 0 aliphatic heterocycles. The smallest absolute Gasteiger partial charge is 0.230 e. The number of anilines is 1. The van der Waals surface area contributed by atoms with Crippen LogP contribution in [0.15, 0.2) is 24.3 Å². The first-order valence-electron chi connectivity index (χ1n) is 7.50. The fourth-order valence-electron chi connectivity index (χ4n) is 3.16. The van der Waals surface area contributed by atoms with Crippen molar-refractivity contribution in [2.24, 2.45) is 17.1 Å². The zero-order chi connectivity index (χ0) is 15.6. The molecule has 0 bridgehead atoms. The summed E-state index contributed by atoms with van der Waals surface area (Å²) < 4.78 is 0. The van der Waals surface area contributed by atoms with Gasteiger partial charge in [-0.3, -0.25) is 4.79 Å². The van der Waals surface area contributed by atoms with Gasteiger partial charge in [-0.2, -0.15) is 0 Å². The van der Waals surface area contributed by atoms with Gasteiger partial charge in [0.25, 0.3) is 0 Å².